The Labute approximate surface area is 179 Å². The highest BCUT2D eigenvalue weighted by atomic mass is 35.5. The number of likely N-dealkylation sites (tertiary alicyclic amines) is 1. The highest BCUT2D eigenvalue weighted by Gasteiger charge is 2.33. The number of carbonyl (C=O) groups is 1. The monoisotopic (exact) mass is 441 g/mol. The number of rotatable bonds is 4. The fourth-order valence-corrected chi connectivity index (χ4v) is 4.89. The van der Waals surface area contributed by atoms with Crippen LogP contribution in [0, 0.1) is 0 Å². The molecule has 1 fully saturated rings. The maximum Gasteiger partial charge on any atom is 0.228 e. The Morgan fingerprint density at radius 2 is 1.89 bits per heavy atom. The Bertz CT molecular complexity index is 855. The quantitative estimate of drug-likeness (QED) is 0.659. The van der Waals surface area contributed by atoms with E-state index in [1.807, 2.05) is 39.9 Å². The summed E-state index contributed by atoms with van der Waals surface area (Å²) in [7, 11) is 0. The van der Waals surface area contributed by atoms with Crippen molar-refractivity contribution in [3.63, 3.8) is 0 Å². The van der Waals surface area contributed by atoms with Gasteiger partial charge in [-0.25, -0.2) is 4.98 Å². The van der Waals surface area contributed by atoms with Gasteiger partial charge in [0.25, 0.3) is 0 Å². The highest BCUT2D eigenvalue weighted by Crippen LogP contribution is 2.29. The Balaban J connectivity index is 0.00000131. The third kappa shape index (κ3) is 4.89. The van der Waals surface area contributed by atoms with Gasteiger partial charge in [0, 0.05) is 30.4 Å². The van der Waals surface area contributed by atoms with Crippen molar-refractivity contribution >= 4 is 53.4 Å². The fraction of sp³-hybridized carbons (Fsp3) is 0.263. The number of carbonyl (C=O) groups excluding carboxylic acids is 1. The van der Waals surface area contributed by atoms with Crippen LogP contribution >= 0.6 is 47.5 Å². The van der Waals surface area contributed by atoms with Crippen LogP contribution in [0.15, 0.2) is 53.2 Å². The lowest BCUT2D eigenvalue weighted by Gasteiger charge is -2.16. The molecule has 1 aliphatic heterocycles. The second-order valence-corrected chi connectivity index (χ2v) is 8.08. The van der Waals surface area contributed by atoms with Crippen molar-refractivity contribution in [1.82, 2.24) is 9.88 Å². The molecular formula is C19H21Cl2N3OS2. The SMILES string of the molecule is Cl.Cl.N[C@@H]1CN(C(=O)Cc2csc(-c3cccs3)n2)C[C@H]1c1ccccc1. The zero-order valence-electron chi connectivity index (χ0n) is 14.5. The first-order chi connectivity index (χ1) is 12.2. The number of nitrogens with two attached hydrogens (primary N) is 1. The van der Waals surface area contributed by atoms with E-state index in [0.29, 0.717) is 19.5 Å². The van der Waals surface area contributed by atoms with Crippen molar-refractivity contribution in [3.8, 4) is 9.88 Å². The average molecular weight is 442 g/mol. The van der Waals surface area contributed by atoms with Crippen LogP contribution in [-0.2, 0) is 11.2 Å². The van der Waals surface area contributed by atoms with Crippen LogP contribution in [-0.4, -0.2) is 34.9 Å². The molecule has 1 saturated heterocycles. The van der Waals surface area contributed by atoms with Crippen molar-refractivity contribution in [1.29, 1.82) is 0 Å². The molecule has 0 spiro atoms. The smallest absolute Gasteiger partial charge is 0.228 e. The molecule has 2 aromatic heterocycles. The molecule has 3 heterocycles. The largest absolute Gasteiger partial charge is 0.340 e. The Morgan fingerprint density at radius 1 is 1.11 bits per heavy atom. The Hall–Kier alpha value is -1.44. The standard InChI is InChI=1S/C19H19N3OS2.2ClH/c20-16-11-22(10-15(16)13-5-2-1-3-6-13)18(23)9-14-12-25-19(21-14)17-7-4-8-24-17;;/h1-8,12,15-16H,9-11,20H2;2*1H/t15-,16+;;/m0../s1. The number of amides is 1. The van der Waals surface area contributed by atoms with Crippen LogP contribution in [0.25, 0.3) is 9.88 Å². The summed E-state index contributed by atoms with van der Waals surface area (Å²) in [5.74, 6) is 0.319. The number of hydrogen-bond acceptors (Lipinski definition) is 5. The molecule has 0 aliphatic carbocycles. The van der Waals surface area contributed by atoms with Crippen molar-refractivity contribution in [2.45, 2.75) is 18.4 Å². The molecule has 8 heteroatoms. The molecule has 4 rings (SSSR count). The van der Waals surface area contributed by atoms with Gasteiger partial charge in [-0.15, -0.1) is 47.5 Å². The van der Waals surface area contributed by atoms with Crippen LogP contribution in [0.3, 0.4) is 0 Å². The molecule has 0 radical (unpaired) electrons. The van der Waals surface area contributed by atoms with Crippen LogP contribution in [0.1, 0.15) is 17.2 Å². The number of nitrogens with zero attached hydrogens (tertiary/aromatic N) is 2. The second-order valence-electron chi connectivity index (χ2n) is 6.28. The summed E-state index contributed by atoms with van der Waals surface area (Å²) < 4.78 is 0. The third-order valence-corrected chi connectivity index (χ3v) is 6.49. The van der Waals surface area contributed by atoms with Gasteiger partial charge in [0.2, 0.25) is 5.91 Å². The molecule has 2 atom stereocenters. The van der Waals surface area contributed by atoms with Crippen LogP contribution in [0.4, 0.5) is 0 Å². The first-order valence-electron chi connectivity index (χ1n) is 8.27. The van der Waals surface area contributed by atoms with Crippen LogP contribution in [0.2, 0.25) is 0 Å². The molecule has 1 aliphatic rings. The topological polar surface area (TPSA) is 59.2 Å². The number of hydrogen-bond donors (Lipinski definition) is 1. The summed E-state index contributed by atoms with van der Waals surface area (Å²) in [5.41, 5.74) is 8.34. The minimum absolute atomic E-state index is 0. The van der Waals surface area contributed by atoms with Gasteiger partial charge in [0.1, 0.15) is 5.01 Å². The maximum atomic E-state index is 12.7. The molecule has 0 saturated carbocycles. The first kappa shape index (κ1) is 21.9. The molecule has 1 amide bonds. The lowest BCUT2D eigenvalue weighted by molar-refractivity contribution is -0.129. The average Bonchev–Trinajstić information content (AvgIpc) is 3.35. The Morgan fingerprint density at radius 3 is 2.59 bits per heavy atom. The van der Waals surface area contributed by atoms with E-state index in [1.54, 1.807) is 22.7 Å². The van der Waals surface area contributed by atoms with Gasteiger partial charge in [-0.05, 0) is 17.0 Å². The predicted octanol–water partition coefficient (Wildman–Crippen LogP) is 4.21. The van der Waals surface area contributed by atoms with E-state index in [0.717, 1.165) is 15.6 Å². The number of aromatic nitrogens is 1. The molecular weight excluding hydrogens is 421 g/mol. The molecule has 27 heavy (non-hydrogen) atoms. The summed E-state index contributed by atoms with van der Waals surface area (Å²) in [6.45, 7) is 1.30. The van der Waals surface area contributed by atoms with Crippen molar-refractivity contribution in [2.75, 3.05) is 13.1 Å². The molecule has 0 unspecified atom stereocenters. The van der Waals surface area contributed by atoms with Gasteiger partial charge in [-0.2, -0.15) is 0 Å². The fourth-order valence-electron chi connectivity index (χ4n) is 3.25. The van der Waals surface area contributed by atoms with Crippen molar-refractivity contribution in [2.24, 2.45) is 5.73 Å². The van der Waals surface area contributed by atoms with E-state index >= 15 is 0 Å². The van der Waals surface area contributed by atoms with Crippen LogP contribution in [0.5, 0.6) is 0 Å². The van der Waals surface area contributed by atoms with E-state index in [-0.39, 0.29) is 42.7 Å². The molecule has 2 N–H and O–H groups in total. The normalized spacial score (nSPS) is 18.6. The number of benzene rings is 1. The molecule has 3 aromatic rings. The lowest BCUT2D eigenvalue weighted by Crippen LogP contribution is -2.33. The van der Waals surface area contributed by atoms with E-state index in [1.165, 1.54) is 5.56 Å². The number of thiophene rings is 1. The molecule has 0 bridgehead atoms. The zero-order chi connectivity index (χ0) is 17.2. The maximum absolute atomic E-state index is 12.7. The molecule has 4 nitrogen and oxygen atoms in total. The summed E-state index contributed by atoms with van der Waals surface area (Å²) in [6, 6.07) is 14.3. The van der Waals surface area contributed by atoms with Gasteiger partial charge >= 0.3 is 0 Å². The predicted molar refractivity (Wildman–Crippen MR) is 117 cm³/mol. The highest BCUT2D eigenvalue weighted by molar-refractivity contribution is 7.20. The van der Waals surface area contributed by atoms with E-state index < -0.39 is 0 Å². The molecule has 1 aromatic carbocycles. The van der Waals surface area contributed by atoms with Gasteiger partial charge in [0.05, 0.1) is 17.0 Å². The van der Waals surface area contributed by atoms with E-state index in [2.05, 4.69) is 23.2 Å². The van der Waals surface area contributed by atoms with Gasteiger partial charge in [0.15, 0.2) is 0 Å². The van der Waals surface area contributed by atoms with Crippen LogP contribution < -0.4 is 5.73 Å². The van der Waals surface area contributed by atoms with Crippen molar-refractivity contribution < 1.29 is 4.79 Å². The lowest BCUT2D eigenvalue weighted by atomic mass is 9.95. The van der Waals surface area contributed by atoms with Crippen molar-refractivity contribution in [3.05, 3.63) is 64.5 Å². The first-order valence-corrected chi connectivity index (χ1v) is 10.0. The molecule has 144 valence electrons. The summed E-state index contributed by atoms with van der Waals surface area (Å²) in [4.78, 5) is 20.3. The minimum Gasteiger partial charge on any atom is -0.340 e. The zero-order valence-corrected chi connectivity index (χ0v) is 17.8. The second kappa shape index (κ2) is 9.66. The summed E-state index contributed by atoms with van der Waals surface area (Å²) in [6.07, 6.45) is 0.343. The summed E-state index contributed by atoms with van der Waals surface area (Å²) in [5, 5.41) is 5.01. The van der Waals surface area contributed by atoms with E-state index in [4.69, 9.17) is 5.73 Å². The third-order valence-electron chi connectivity index (χ3n) is 4.56. The Kier molecular flexibility index (Phi) is 7.82. The minimum atomic E-state index is -0.0107. The summed E-state index contributed by atoms with van der Waals surface area (Å²) >= 11 is 3.26. The van der Waals surface area contributed by atoms with Gasteiger partial charge in [-0.1, -0.05) is 36.4 Å². The number of thiazole rings is 1. The number of halogens is 2. The van der Waals surface area contributed by atoms with Gasteiger partial charge in [-0.3, -0.25) is 4.79 Å². The van der Waals surface area contributed by atoms with E-state index in [9.17, 15) is 4.79 Å². The van der Waals surface area contributed by atoms with Gasteiger partial charge < -0.3 is 10.6 Å².